The Morgan fingerprint density at radius 1 is 1.28 bits per heavy atom. The van der Waals surface area contributed by atoms with Gasteiger partial charge in [-0.3, -0.25) is 4.79 Å². The number of carbonyl (C=O) groups excluding carboxylic acids is 1. The Morgan fingerprint density at radius 3 is 2.79 bits per heavy atom. The number of amides is 1. The van der Waals surface area contributed by atoms with Crippen LogP contribution in [-0.4, -0.2) is 53.1 Å². The molecule has 152 valence electrons. The molecule has 8 heteroatoms. The average molecular weight is 393 g/mol. The van der Waals surface area contributed by atoms with Crippen molar-refractivity contribution in [1.29, 1.82) is 0 Å². The third-order valence-corrected chi connectivity index (χ3v) is 5.48. The Labute approximate surface area is 170 Å². The van der Waals surface area contributed by atoms with Crippen molar-refractivity contribution in [3.8, 4) is 0 Å². The van der Waals surface area contributed by atoms with Crippen molar-refractivity contribution in [1.82, 2.24) is 30.6 Å². The predicted molar refractivity (Wildman–Crippen MR) is 113 cm³/mol. The number of carbonyl (C=O) groups is 1. The molecule has 1 amide bonds. The van der Waals surface area contributed by atoms with E-state index in [4.69, 9.17) is 0 Å². The lowest BCUT2D eigenvalue weighted by atomic mass is 10.1. The second kappa shape index (κ2) is 8.16. The molecule has 0 bridgehead atoms. The largest absolute Gasteiger partial charge is 0.363 e. The van der Waals surface area contributed by atoms with Crippen LogP contribution in [-0.2, 0) is 6.54 Å². The van der Waals surface area contributed by atoms with Gasteiger partial charge in [0.2, 0.25) is 0 Å². The summed E-state index contributed by atoms with van der Waals surface area (Å²) in [7, 11) is 3.92. The molecule has 1 aliphatic heterocycles. The van der Waals surface area contributed by atoms with Crippen molar-refractivity contribution in [2.75, 3.05) is 32.1 Å². The molecule has 2 aromatic heterocycles. The highest BCUT2D eigenvalue weighted by Crippen LogP contribution is 2.23. The zero-order valence-corrected chi connectivity index (χ0v) is 17.1. The molecule has 1 aromatic carbocycles. The SMILES string of the molecule is Cc1c(C(=O)NCc2cc(N(C)C)nc3ccccc23)nnn1C1CCNCC1. The van der Waals surface area contributed by atoms with Gasteiger partial charge in [0, 0.05) is 26.0 Å². The van der Waals surface area contributed by atoms with E-state index >= 15 is 0 Å². The van der Waals surface area contributed by atoms with Crippen LogP contribution in [0.25, 0.3) is 10.9 Å². The van der Waals surface area contributed by atoms with Gasteiger partial charge >= 0.3 is 0 Å². The lowest BCUT2D eigenvalue weighted by Crippen LogP contribution is -2.30. The number of pyridine rings is 1. The van der Waals surface area contributed by atoms with Crippen LogP contribution < -0.4 is 15.5 Å². The van der Waals surface area contributed by atoms with E-state index in [-0.39, 0.29) is 5.91 Å². The van der Waals surface area contributed by atoms with Crippen LogP contribution in [0.3, 0.4) is 0 Å². The molecule has 29 heavy (non-hydrogen) atoms. The minimum Gasteiger partial charge on any atom is -0.363 e. The molecule has 0 spiro atoms. The fraction of sp³-hybridized carbons (Fsp3) is 0.429. The number of piperidine rings is 1. The molecule has 3 heterocycles. The van der Waals surface area contributed by atoms with Crippen LogP contribution >= 0.6 is 0 Å². The van der Waals surface area contributed by atoms with Gasteiger partial charge < -0.3 is 15.5 Å². The van der Waals surface area contributed by atoms with Crippen molar-refractivity contribution in [3.63, 3.8) is 0 Å². The third kappa shape index (κ3) is 3.93. The standard InChI is InChI=1S/C21H27N7O/c1-14-20(25-26-28(14)16-8-10-22-11-9-16)21(29)23-13-15-12-19(27(2)3)24-18-7-5-4-6-17(15)18/h4-7,12,16,22H,8-11,13H2,1-3H3,(H,23,29). The average Bonchev–Trinajstić information content (AvgIpc) is 3.13. The van der Waals surface area contributed by atoms with E-state index in [1.54, 1.807) is 0 Å². The molecule has 3 aromatic rings. The number of benzene rings is 1. The quantitative estimate of drug-likeness (QED) is 0.690. The van der Waals surface area contributed by atoms with Gasteiger partial charge in [0.25, 0.3) is 5.91 Å². The molecule has 0 radical (unpaired) electrons. The molecule has 4 rings (SSSR count). The van der Waals surface area contributed by atoms with Crippen molar-refractivity contribution in [2.24, 2.45) is 0 Å². The maximum absolute atomic E-state index is 12.8. The van der Waals surface area contributed by atoms with Crippen molar-refractivity contribution in [3.05, 3.63) is 47.3 Å². The van der Waals surface area contributed by atoms with Gasteiger partial charge in [0.15, 0.2) is 5.69 Å². The summed E-state index contributed by atoms with van der Waals surface area (Å²) >= 11 is 0. The second-order valence-electron chi connectivity index (χ2n) is 7.68. The summed E-state index contributed by atoms with van der Waals surface area (Å²) < 4.78 is 1.90. The number of rotatable bonds is 5. The fourth-order valence-corrected chi connectivity index (χ4v) is 3.82. The minimum atomic E-state index is -0.199. The summed E-state index contributed by atoms with van der Waals surface area (Å²) in [6, 6.07) is 10.3. The van der Waals surface area contributed by atoms with Gasteiger partial charge in [-0.25, -0.2) is 9.67 Å². The maximum Gasteiger partial charge on any atom is 0.274 e. The first-order valence-corrected chi connectivity index (χ1v) is 10.0. The van der Waals surface area contributed by atoms with Crippen molar-refractivity contribution >= 4 is 22.6 Å². The lowest BCUT2D eigenvalue weighted by molar-refractivity contribution is 0.0945. The lowest BCUT2D eigenvalue weighted by Gasteiger charge is -2.23. The van der Waals surface area contributed by atoms with Gasteiger partial charge in [0.1, 0.15) is 5.82 Å². The van der Waals surface area contributed by atoms with E-state index in [9.17, 15) is 4.79 Å². The summed E-state index contributed by atoms with van der Waals surface area (Å²) in [4.78, 5) is 19.5. The first-order valence-electron chi connectivity index (χ1n) is 10.0. The van der Waals surface area contributed by atoms with Crippen LogP contribution in [0.2, 0.25) is 0 Å². The normalized spacial score (nSPS) is 14.9. The Bertz CT molecular complexity index is 1020. The van der Waals surface area contributed by atoms with Crippen LogP contribution in [0.5, 0.6) is 0 Å². The van der Waals surface area contributed by atoms with E-state index < -0.39 is 0 Å². The number of hydrogen-bond donors (Lipinski definition) is 2. The monoisotopic (exact) mass is 393 g/mol. The number of fused-ring (bicyclic) bond motifs is 1. The van der Waals surface area contributed by atoms with E-state index in [1.807, 2.05) is 60.9 Å². The molecule has 0 unspecified atom stereocenters. The summed E-state index contributed by atoms with van der Waals surface area (Å²) in [5, 5.41) is 15.8. The molecule has 1 saturated heterocycles. The highest BCUT2D eigenvalue weighted by molar-refractivity contribution is 5.93. The topological polar surface area (TPSA) is 88.0 Å². The number of nitrogens with zero attached hydrogens (tertiary/aromatic N) is 5. The zero-order valence-electron chi connectivity index (χ0n) is 17.1. The molecular formula is C21H27N7O. The number of para-hydroxylation sites is 1. The van der Waals surface area contributed by atoms with Crippen LogP contribution in [0, 0.1) is 6.92 Å². The smallest absolute Gasteiger partial charge is 0.274 e. The molecule has 1 fully saturated rings. The van der Waals surface area contributed by atoms with Gasteiger partial charge in [-0.05, 0) is 50.6 Å². The zero-order chi connectivity index (χ0) is 20.4. The van der Waals surface area contributed by atoms with Gasteiger partial charge in [-0.1, -0.05) is 23.4 Å². The van der Waals surface area contributed by atoms with Crippen molar-refractivity contribution in [2.45, 2.75) is 32.4 Å². The Balaban J connectivity index is 1.54. The Morgan fingerprint density at radius 2 is 2.03 bits per heavy atom. The molecular weight excluding hydrogens is 366 g/mol. The number of nitrogens with one attached hydrogen (secondary N) is 2. The van der Waals surface area contributed by atoms with E-state index in [1.165, 1.54) is 0 Å². The number of anilines is 1. The first kappa shape index (κ1) is 19.3. The van der Waals surface area contributed by atoms with Gasteiger partial charge in [0.05, 0.1) is 17.3 Å². The van der Waals surface area contributed by atoms with Crippen molar-refractivity contribution < 1.29 is 4.79 Å². The number of aromatic nitrogens is 4. The maximum atomic E-state index is 12.8. The van der Waals surface area contributed by atoms with Crippen LogP contribution in [0.15, 0.2) is 30.3 Å². The first-order chi connectivity index (χ1) is 14.0. The highest BCUT2D eigenvalue weighted by atomic mass is 16.2. The highest BCUT2D eigenvalue weighted by Gasteiger charge is 2.23. The molecule has 0 saturated carbocycles. The third-order valence-electron chi connectivity index (χ3n) is 5.48. The van der Waals surface area contributed by atoms with Crippen LogP contribution in [0.1, 0.15) is 40.6 Å². The summed E-state index contributed by atoms with van der Waals surface area (Å²) in [6.45, 7) is 4.26. The number of hydrogen-bond acceptors (Lipinski definition) is 6. The predicted octanol–water partition coefficient (Wildman–Crippen LogP) is 2.06. The van der Waals surface area contributed by atoms with E-state index in [2.05, 4.69) is 25.9 Å². The molecule has 2 N–H and O–H groups in total. The molecule has 0 aliphatic carbocycles. The summed E-state index contributed by atoms with van der Waals surface area (Å²) in [5.74, 6) is 0.663. The van der Waals surface area contributed by atoms with Gasteiger partial charge in [-0.2, -0.15) is 0 Å². The Kier molecular flexibility index (Phi) is 5.44. The van der Waals surface area contributed by atoms with Crippen LogP contribution in [0.4, 0.5) is 5.82 Å². The summed E-state index contributed by atoms with van der Waals surface area (Å²) in [6.07, 6.45) is 2.00. The molecule has 8 nitrogen and oxygen atoms in total. The second-order valence-corrected chi connectivity index (χ2v) is 7.68. The van der Waals surface area contributed by atoms with Gasteiger partial charge in [-0.15, -0.1) is 5.10 Å². The summed E-state index contributed by atoms with van der Waals surface area (Å²) in [5.41, 5.74) is 3.16. The minimum absolute atomic E-state index is 0.199. The van der Waals surface area contributed by atoms with E-state index in [0.29, 0.717) is 18.3 Å². The fourth-order valence-electron chi connectivity index (χ4n) is 3.82. The molecule has 1 aliphatic rings. The Hall–Kier alpha value is -3.00. The van der Waals surface area contributed by atoms with E-state index in [0.717, 1.165) is 53.9 Å². The molecule has 0 atom stereocenters.